The van der Waals surface area contributed by atoms with Crippen molar-refractivity contribution < 1.29 is 9.53 Å². The van der Waals surface area contributed by atoms with Crippen molar-refractivity contribution in [3.8, 4) is 0 Å². The van der Waals surface area contributed by atoms with Gasteiger partial charge in [0.05, 0.1) is 7.11 Å². The number of carbonyl (C=O) groups is 1. The Kier molecular flexibility index (Phi) is 3.96. The fourth-order valence-electron chi connectivity index (χ4n) is 0.386. The maximum absolute atomic E-state index is 10.2. The summed E-state index contributed by atoms with van der Waals surface area (Å²) in [6.45, 7) is 6.93. The van der Waals surface area contributed by atoms with Gasteiger partial charge in [-0.15, -0.1) is 0 Å². The molecule has 0 saturated heterocycles. The molecule has 54 valence electrons. The number of ether oxygens (including phenoxy) is 1. The summed E-state index contributed by atoms with van der Waals surface area (Å²) in [5, 5.41) is 0. The first-order valence-corrected chi connectivity index (χ1v) is 2.76. The largest absolute Gasteiger partial charge is 0.497 e. The third-order valence-electron chi connectivity index (χ3n) is 0.962. The highest BCUT2D eigenvalue weighted by molar-refractivity contribution is 5.77. The minimum Gasteiger partial charge on any atom is -0.497 e. The lowest BCUT2D eigenvalue weighted by atomic mass is 10.2. The van der Waals surface area contributed by atoms with Crippen LogP contribution >= 0.6 is 0 Å². The number of allylic oxidation sites excluding steroid dienone is 3. The smallest absolute Gasteiger partial charge is 0.150 e. The SMILES string of the molecule is C=C/C(C=O)=C\C(=C)OC. The Morgan fingerprint density at radius 2 is 2.20 bits per heavy atom. The number of rotatable bonds is 4. The number of methoxy groups -OCH3 is 1. The van der Waals surface area contributed by atoms with Crippen LogP contribution < -0.4 is 0 Å². The second-order valence-electron chi connectivity index (χ2n) is 1.64. The summed E-state index contributed by atoms with van der Waals surface area (Å²) in [5.41, 5.74) is 0.465. The molecule has 2 nitrogen and oxygen atoms in total. The molecule has 0 aliphatic heterocycles. The van der Waals surface area contributed by atoms with E-state index in [1.165, 1.54) is 19.3 Å². The van der Waals surface area contributed by atoms with E-state index in [1.807, 2.05) is 0 Å². The molecule has 0 rings (SSSR count). The fourth-order valence-corrected chi connectivity index (χ4v) is 0.386. The molecule has 0 bridgehead atoms. The van der Waals surface area contributed by atoms with Crippen LogP contribution in [0.25, 0.3) is 0 Å². The van der Waals surface area contributed by atoms with E-state index >= 15 is 0 Å². The first kappa shape index (κ1) is 8.69. The Morgan fingerprint density at radius 1 is 1.60 bits per heavy atom. The number of hydrogen-bond donors (Lipinski definition) is 0. The van der Waals surface area contributed by atoms with Gasteiger partial charge >= 0.3 is 0 Å². The Morgan fingerprint density at radius 3 is 2.50 bits per heavy atom. The number of hydrogen-bond acceptors (Lipinski definition) is 2. The molecule has 0 aliphatic rings. The van der Waals surface area contributed by atoms with Crippen LogP contribution in [0.5, 0.6) is 0 Å². The van der Waals surface area contributed by atoms with Crippen molar-refractivity contribution >= 4 is 6.29 Å². The van der Waals surface area contributed by atoms with E-state index in [1.54, 1.807) is 0 Å². The summed E-state index contributed by atoms with van der Waals surface area (Å²) in [4.78, 5) is 10.2. The third-order valence-corrected chi connectivity index (χ3v) is 0.962. The molecule has 0 spiro atoms. The lowest BCUT2D eigenvalue weighted by Gasteiger charge is -1.95. The maximum atomic E-state index is 10.2. The quantitative estimate of drug-likeness (QED) is 0.254. The van der Waals surface area contributed by atoms with Crippen LogP contribution in [0, 0.1) is 0 Å². The molecular formula is C8H10O2. The van der Waals surface area contributed by atoms with Gasteiger partial charge in [0, 0.05) is 5.57 Å². The minimum atomic E-state index is 0.446. The van der Waals surface area contributed by atoms with E-state index in [9.17, 15) is 4.79 Å². The third kappa shape index (κ3) is 2.87. The van der Waals surface area contributed by atoms with E-state index in [4.69, 9.17) is 4.74 Å². The topological polar surface area (TPSA) is 26.3 Å². The summed E-state index contributed by atoms with van der Waals surface area (Å²) in [7, 11) is 1.49. The second kappa shape index (κ2) is 4.56. The average molecular weight is 138 g/mol. The van der Waals surface area contributed by atoms with E-state index in [2.05, 4.69) is 13.2 Å². The van der Waals surface area contributed by atoms with Gasteiger partial charge in [0.2, 0.25) is 0 Å². The Hall–Kier alpha value is -1.31. The lowest BCUT2D eigenvalue weighted by molar-refractivity contribution is -0.104. The van der Waals surface area contributed by atoms with Gasteiger partial charge in [-0.2, -0.15) is 0 Å². The highest BCUT2D eigenvalue weighted by Gasteiger charge is 1.88. The number of aldehydes is 1. The van der Waals surface area contributed by atoms with Crippen molar-refractivity contribution in [3.63, 3.8) is 0 Å². The van der Waals surface area contributed by atoms with Gasteiger partial charge < -0.3 is 4.74 Å². The molecule has 0 unspecified atom stereocenters. The highest BCUT2D eigenvalue weighted by Crippen LogP contribution is 1.98. The van der Waals surface area contributed by atoms with E-state index in [-0.39, 0.29) is 0 Å². The van der Waals surface area contributed by atoms with Crippen molar-refractivity contribution in [1.29, 1.82) is 0 Å². The summed E-state index contributed by atoms with van der Waals surface area (Å²) >= 11 is 0. The molecule has 0 aliphatic carbocycles. The highest BCUT2D eigenvalue weighted by atomic mass is 16.5. The lowest BCUT2D eigenvalue weighted by Crippen LogP contribution is -1.83. The van der Waals surface area contributed by atoms with Crippen LogP contribution in [0.4, 0.5) is 0 Å². The van der Waals surface area contributed by atoms with Crippen molar-refractivity contribution in [3.05, 3.63) is 36.6 Å². The van der Waals surface area contributed by atoms with Crippen molar-refractivity contribution in [2.24, 2.45) is 0 Å². The minimum absolute atomic E-state index is 0.446. The summed E-state index contributed by atoms with van der Waals surface area (Å²) in [6.07, 6.45) is 3.65. The van der Waals surface area contributed by atoms with Crippen LogP contribution in [0.1, 0.15) is 0 Å². The van der Waals surface area contributed by atoms with E-state index in [0.29, 0.717) is 17.6 Å². The molecule has 0 N–H and O–H groups in total. The molecular weight excluding hydrogens is 128 g/mol. The van der Waals surface area contributed by atoms with Gasteiger partial charge in [-0.3, -0.25) is 4.79 Å². The van der Waals surface area contributed by atoms with Gasteiger partial charge in [0.1, 0.15) is 12.0 Å². The zero-order valence-electron chi connectivity index (χ0n) is 5.96. The first-order chi connectivity index (χ1) is 4.74. The molecule has 0 saturated carbocycles. The molecule has 0 amide bonds. The molecule has 0 radical (unpaired) electrons. The van der Waals surface area contributed by atoms with Gasteiger partial charge in [-0.05, 0) is 6.08 Å². The van der Waals surface area contributed by atoms with Crippen LogP contribution in [0.2, 0.25) is 0 Å². The molecule has 0 heterocycles. The molecule has 0 fully saturated rings. The van der Waals surface area contributed by atoms with Crippen LogP contribution in [0.15, 0.2) is 36.6 Å². The normalized spacial score (nSPS) is 10.3. The zero-order valence-corrected chi connectivity index (χ0v) is 5.96. The average Bonchev–Trinajstić information content (AvgIpc) is 1.99. The van der Waals surface area contributed by atoms with Crippen molar-refractivity contribution in [1.82, 2.24) is 0 Å². The Labute approximate surface area is 60.5 Å². The predicted octanol–water partition coefficient (Wildman–Crippen LogP) is 1.46. The first-order valence-electron chi connectivity index (χ1n) is 2.76. The Bertz CT molecular complexity index is 168. The van der Waals surface area contributed by atoms with E-state index < -0.39 is 0 Å². The standard InChI is InChI=1S/C8H10O2/c1-4-8(6-9)5-7(2)10-3/h4-6H,1-2H2,3H3/b8-5+. The predicted molar refractivity (Wildman–Crippen MR) is 40.5 cm³/mol. The molecule has 0 aromatic rings. The molecule has 0 aromatic carbocycles. The fraction of sp³-hybridized carbons (Fsp3) is 0.125. The molecule has 10 heavy (non-hydrogen) atoms. The van der Waals surface area contributed by atoms with Crippen LogP contribution in [0.3, 0.4) is 0 Å². The summed E-state index contributed by atoms with van der Waals surface area (Å²) in [6, 6.07) is 0. The summed E-state index contributed by atoms with van der Waals surface area (Å²) < 4.78 is 4.71. The molecule has 0 atom stereocenters. The molecule has 2 heteroatoms. The van der Waals surface area contributed by atoms with Crippen LogP contribution in [-0.2, 0) is 9.53 Å². The maximum Gasteiger partial charge on any atom is 0.150 e. The van der Waals surface area contributed by atoms with Gasteiger partial charge in [0.25, 0.3) is 0 Å². The second-order valence-corrected chi connectivity index (χ2v) is 1.64. The number of carbonyl (C=O) groups excluding carboxylic acids is 1. The molecule has 0 aromatic heterocycles. The zero-order chi connectivity index (χ0) is 7.98. The monoisotopic (exact) mass is 138 g/mol. The van der Waals surface area contributed by atoms with Crippen molar-refractivity contribution in [2.45, 2.75) is 0 Å². The van der Waals surface area contributed by atoms with E-state index in [0.717, 1.165) is 0 Å². The van der Waals surface area contributed by atoms with Gasteiger partial charge in [-0.25, -0.2) is 0 Å². The van der Waals surface area contributed by atoms with Gasteiger partial charge in [0.15, 0.2) is 0 Å². The van der Waals surface area contributed by atoms with Crippen molar-refractivity contribution in [2.75, 3.05) is 7.11 Å². The summed E-state index contributed by atoms with van der Waals surface area (Å²) in [5.74, 6) is 0.446. The van der Waals surface area contributed by atoms with Crippen LogP contribution in [-0.4, -0.2) is 13.4 Å². The van der Waals surface area contributed by atoms with Gasteiger partial charge in [-0.1, -0.05) is 19.2 Å². The Balaban J connectivity index is 4.23.